The van der Waals surface area contributed by atoms with E-state index >= 15 is 0 Å². The molecule has 1 atom stereocenters. The van der Waals surface area contributed by atoms with Gasteiger partial charge in [-0.25, -0.2) is 5.84 Å². The molecule has 0 aliphatic rings. The fourth-order valence-corrected chi connectivity index (χ4v) is 2.87. The Morgan fingerprint density at radius 2 is 2.18 bits per heavy atom. The third-order valence-corrected chi connectivity index (χ3v) is 4.15. The van der Waals surface area contributed by atoms with E-state index in [-0.39, 0.29) is 11.2 Å². The second-order valence-corrected chi connectivity index (χ2v) is 5.57. The van der Waals surface area contributed by atoms with Crippen LogP contribution in [0.1, 0.15) is 19.8 Å². The Morgan fingerprint density at radius 1 is 1.47 bits per heavy atom. The maximum Gasteiger partial charge on any atom is 0.247 e. The highest BCUT2D eigenvalue weighted by atomic mass is 35.5. The van der Waals surface area contributed by atoms with Crippen LogP contribution in [-0.2, 0) is 4.79 Å². The molecule has 0 fully saturated rings. The van der Waals surface area contributed by atoms with Crippen LogP contribution in [0, 0.1) is 0 Å². The van der Waals surface area contributed by atoms with E-state index in [1.54, 1.807) is 12.1 Å². The predicted octanol–water partition coefficient (Wildman–Crippen LogP) is 3.24. The highest BCUT2D eigenvalue weighted by Crippen LogP contribution is 2.31. The van der Waals surface area contributed by atoms with E-state index in [2.05, 4.69) is 5.43 Å². The standard InChI is InChI=1S/C11H14Cl2N2OS/c1-2-3-10(11(16)15-14)17-7-4-5-8(12)9(13)6-7/h4-6,10H,2-3,14H2,1H3,(H,15,16). The second kappa shape index (κ2) is 7.11. The van der Waals surface area contributed by atoms with Crippen LogP contribution in [0.15, 0.2) is 23.1 Å². The zero-order chi connectivity index (χ0) is 12.8. The predicted molar refractivity (Wildman–Crippen MR) is 73.3 cm³/mol. The van der Waals surface area contributed by atoms with Crippen LogP contribution in [-0.4, -0.2) is 11.2 Å². The molecule has 0 aliphatic heterocycles. The minimum absolute atomic E-state index is 0.178. The number of carbonyl (C=O) groups excluding carboxylic acids is 1. The SMILES string of the molecule is CCCC(Sc1ccc(Cl)c(Cl)c1)C(=O)NN. The van der Waals surface area contributed by atoms with Crippen molar-refractivity contribution < 1.29 is 4.79 Å². The molecule has 0 aliphatic carbocycles. The Bertz CT molecular complexity index is 401. The lowest BCUT2D eigenvalue weighted by atomic mass is 10.2. The number of rotatable bonds is 5. The monoisotopic (exact) mass is 292 g/mol. The molecule has 0 aromatic heterocycles. The fourth-order valence-electron chi connectivity index (χ4n) is 1.31. The molecule has 0 spiro atoms. The topological polar surface area (TPSA) is 55.1 Å². The Labute approximate surface area is 115 Å². The number of nitrogens with one attached hydrogen (secondary N) is 1. The van der Waals surface area contributed by atoms with Crippen LogP contribution in [0.4, 0.5) is 0 Å². The van der Waals surface area contributed by atoms with Gasteiger partial charge in [0.2, 0.25) is 5.91 Å². The zero-order valence-corrected chi connectivity index (χ0v) is 11.7. The number of carbonyl (C=O) groups is 1. The Morgan fingerprint density at radius 3 is 2.71 bits per heavy atom. The number of benzene rings is 1. The average Bonchev–Trinajstić information content (AvgIpc) is 2.32. The van der Waals surface area contributed by atoms with Crippen molar-refractivity contribution >= 4 is 40.9 Å². The van der Waals surface area contributed by atoms with E-state index in [4.69, 9.17) is 29.0 Å². The first-order valence-corrected chi connectivity index (χ1v) is 6.84. The van der Waals surface area contributed by atoms with Gasteiger partial charge >= 0.3 is 0 Å². The van der Waals surface area contributed by atoms with Gasteiger partial charge in [-0.15, -0.1) is 11.8 Å². The number of hydrogen-bond donors (Lipinski definition) is 2. The number of amides is 1. The summed E-state index contributed by atoms with van der Waals surface area (Å²) in [5.41, 5.74) is 2.18. The molecule has 1 rings (SSSR count). The lowest BCUT2D eigenvalue weighted by Crippen LogP contribution is -2.37. The van der Waals surface area contributed by atoms with Gasteiger partial charge in [0.25, 0.3) is 0 Å². The van der Waals surface area contributed by atoms with Gasteiger partial charge in [-0.3, -0.25) is 10.2 Å². The van der Waals surface area contributed by atoms with Gasteiger partial charge in [-0.2, -0.15) is 0 Å². The summed E-state index contributed by atoms with van der Waals surface area (Å²) in [4.78, 5) is 12.4. The van der Waals surface area contributed by atoms with Crippen LogP contribution in [0.5, 0.6) is 0 Å². The van der Waals surface area contributed by atoms with Crippen molar-refractivity contribution in [3.63, 3.8) is 0 Å². The third-order valence-electron chi connectivity index (χ3n) is 2.15. The molecular formula is C11H14Cl2N2OS. The average molecular weight is 293 g/mol. The molecule has 6 heteroatoms. The molecule has 94 valence electrons. The minimum atomic E-state index is -0.206. The van der Waals surface area contributed by atoms with Gasteiger partial charge < -0.3 is 0 Å². The van der Waals surface area contributed by atoms with Crippen LogP contribution in [0.25, 0.3) is 0 Å². The summed E-state index contributed by atoms with van der Waals surface area (Å²) in [6.07, 6.45) is 1.67. The van der Waals surface area contributed by atoms with Crippen LogP contribution in [0.3, 0.4) is 0 Å². The molecule has 1 unspecified atom stereocenters. The molecule has 17 heavy (non-hydrogen) atoms. The van der Waals surface area contributed by atoms with E-state index in [1.165, 1.54) is 11.8 Å². The summed E-state index contributed by atoms with van der Waals surface area (Å²) in [5.74, 6) is 4.97. The zero-order valence-electron chi connectivity index (χ0n) is 9.37. The molecule has 3 nitrogen and oxygen atoms in total. The highest BCUT2D eigenvalue weighted by molar-refractivity contribution is 8.00. The van der Waals surface area contributed by atoms with E-state index in [9.17, 15) is 4.79 Å². The van der Waals surface area contributed by atoms with Crippen molar-refractivity contribution in [3.8, 4) is 0 Å². The number of thioether (sulfide) groups is 1. The molecule has 0 saturated carbocycles. The van der Waals surface area contributed by atoms with Gasteiger partial charge in [0.05, 0.1) is 15.3 Å². The number of halogens is 2. The molecule has 0 saturated heterocycles. The molecule has 1 aromatic carbocycles. The van der Waals surface area contributed by atoms with Crippen LogP contribution < -0.4 is 11.3 Å². The molecule has 3 N–H and O–H groups in total. The van der Waals surface area contributed by atoms with Gasteiger partial charge in [0, 0.05) is 4.90 Å². The van der Waals surface area contributed by atoms with Crippen molar-refractivity contribution in [2.24, 2.45) is 5.84 Å². The molecule has 1 amide bonds. The number of hydrogen-bond acceptors (Lipinski definition) is 3. The molecule has 1 aromatic rings. The van der Waals surface area contributed by atoms with Crippen molar-refractivity contribution in [1.82, 2.24) is 5.43 Å². The quantitative estimate of drug-likeness (QED) is 0.379. The Hall–Kier alpha value is -0.420. The summed E-state index contributed by atoms with van der Waals surface area (Å²) in [5, 5.41) is 0.786. The van der Waals surface area contributed by atoms with Crippen LogP contribution >= 0.6 is 35.0 Å². The summed E-state index contributed by atoms with van der Waals surface area (Å²) >= 11 is 13.2. The first-order valence-electron chi connectivity index (χ1n) is 5.20. The van der Waals surface area contributed by atoms with Gasteiger partial charge in [0.15, 0.2) is 0 Å². The number of nitrogens with two attached hydrogens (primary N) is 1. The first kappa shape index (κ1) is 14.6. The molecule has 0 bridgehead atoms. The maximum atomic E-state index is 11.5. The van der Waals surface area contributed by atoms with Gasteiger partial charge in [0.1, 0.15) is 0 Å². The summed E-state index contributed by atoms with van der Waals surface area (Å²) in [6.45, 7) is 2.02. The highest BCUT2D eigenvalue weighted by Gasteiger charge is 2.18. The minimum Gasteiger partial charge on any atom is -0.293 e. The van der Waals surface area contributed by atoms with Gasteiger partial charge in [-0.1, -0.05) is 36.5 Å². The van der Waals surface area contributed by atoms with E-state index < -0.39 is 0 Å². The smallest absolute Gasteiger partial charge is 0.247 e. The molecule has 0 heterocycles. The Balaban J connectivity index is 2.78. The summed E-state index contributed by atoms with van der Waals surface area (Å²) in [7, 11) is 0. The van der Waals surface area contributed by atoms with Crippen molar-refractivity contribution in [2.75, 3.05) is 0 Å². The lowest BCUT2D eigenvalue weighted by Gasteiger charge is -2.14. The Kier molecular flexibility index (Phi) is 6.12. The first-order chi connectivity index (χ1) is 8.08. The maximum absolute atomic E-state index is 11.5. The number of hydrazine groups is 1. The van der Waals surface area contributed by atoms with Crippen molar-refractivity contribution in [3.05, 3.63) is 28.2 Å². The second-order valence-electron chi connectivity index (χ2n) is 3.48. The van der Waals surface area contributed by atoms with Crippen LogP contribution in [0.2, 0.25) is 10.0 Å². The fraction of sp³-hybridized carbons (Fsp3) is 0.364. The van der Waals surface area contributed by atoms with E-state index in [1.807, 2.05) is 13.0 Å². The van der Waals surface area contributed by atoms with Gasteiger partial charge in [-0.05, 0) is 24.6 Å². The van der Waals surface area contributed by atoms with Crippen molar-refractivity contribution in [2.45, 2.75) is 29.9 Å². The lowest BCUT2D eigenvalue weighted by molar-refractivity contribution is -0.120. The molecular weight excluding hydrogens is 279 g/mol. The summed E-state index contributed by atoms with van der Waals surface area (Å²) in [6, 6.07) is 5.31. The molecule has 0 radical (unpaired) electrons. The van der Waals surface area contributed by atoms with Crippen molar-refractivity contribution in [1.29, 1.82) is 0 Å². The van der Waals surface area contributed by atoms with E-state index in [0.29, 0.717) is 10.0 Å². The van der Waals surface area contributed by atoms with E-state index in [0.717, 1.165) is 17.7 Å². The third kappa shape index (κ3) is 4.39. The summed E-state index contributed by atoms with van der Waals surface area (Å²) < 4.78 is 0. The normalized spacial score (nSPS) is 12.2. The largest absolute Gasteiger partial charge is 0.293 e.